The van der Waals surface area contributed by atoms with Crippen molar-refractivity contribution in [3.8, 4) is 0 Å². The van der Waals surface area contributed by atoms with Crippen molar-refractivity contribution in [3.63, 3.8) is 0 Å². The van der Waals surface area contributed by atoms with E-state index in [1.165, 1.54) is 29.6 Å². The summed E-state index contributed by atoms with van der Waals surface area (Å²) in [5, 5.41) is 0. The third-order valence-electron chi connectivity index (χ3n) is 3.72. The molecule has 0 heterocycles. The number of hydrogen-bond acceptors (Lipinski definition) is 3. The smallest absolute Gasteiger partial charge is 0.243 e. The van der Waals surface area contributed by atoms with Crippen molar-refractivity contribution >= 4 is 10.0 Å². The number of rotatable bonds is 3. The molecule has 1 aliphatic carbocycles. The fourth-order valence-electron chi connectivity index (χ4n) is 2.56. The van der Waals surface area contributed by atoms with E-state index in [2.05, 4.69) is 0 Å². The van der Waals surface area contributed by atoms with Crippen LogP contribution >= 0.6 is 0 Å². The van der Waals surface area contributed by atoms with Gasteiger partial charge in [-0.3, -0.25) is 0 Å². The summed E-state index contributed by atoms with van der Waals surface area (Å²) in [4.78, 5) is -0.0206. The highest BCUT2D eigenvalue weighted by Gasteiger charge is 2.33. The predicted octanol–water partition coefficient (Wildman–Crippen LogP) is 1.72. The molecule has 2 atom stereocenters. The summed E-state index contributed by atoms with van der Waals surface area (Å²) >= 11 is 0. The molecule has 2 N–H and O–H groups in total. The summed E-state index contributed by atoms with van der Waals surface area (Å²) in [7, 11) is -2.16. The number of likely N-dealkylation sites (N-methyl/N-ethyl adjacent to an activating group) is 1. The third kappa shape index (κ3) is 2.96. The number of benzene rings is 1. The van der Waals surface area contributed by atoms with E-state index in [0.29, 0.717) is 0 Å². The summed E-state index contributed by atoms with van der Waals surface area (Å²) in [5.74, 6) is -0.553. The number of nitrogens with two attached hydrogens (primary N) is 1. The van der Waals surface area contributed by atoms with Crippen molar-refractivity contribution in [1.29, 1.82) is 0 Å². The van der Waals surface area contributed by atoms with Crippen LogP contribution in [0, 0.1) is 5.82 Å². The molecule has 1 saturated carbocycles. The first kappa shape index (κ1) is 14.4. The van der Waals surface area contributed by atoms with E-state index in [4.69, 9.17) is 5.73 Å². The minimum Gasteiger partial charge on any atom is -0.326 e. The molecule has 0 aliphatic heterocycles. The fraction of sp³-hybridized carbons (Fsp3) is 0.538. The van der Waals surface area contributed by atoms with Crippen LogP contribution in [0.1, 0.15) is 25.7 Å². The molecule has 1 aromatic carbocycles. The molecule has 0 radical (unpaired) electrons. The van der Waals surface area contributed by atoms with E-state index in [0.717, 1.165) is 31.7 Å². The van der Waals surface area contributed by atoms with Crippen LogP contribution in [0.2, 0.25) is 0 Å². The molecule has 0 saturated heterocycles. The number of halogens is 1. The quantitative estimate of drug-likeness (QED) is 0.920. The average Bonchev–Trinajstić information content (AvgIpc) is 2.38. The first-order chi connectivity index (χ1) is 8.93. The van der Waals surface area contributed by atoms with Crippen LogP contribution in [0.25, 0.3) is 0 Å². The summed E-state index contributed by atoms with van der Waals surface area (Å²) in [6.07, 6.45) is 3.59. The lowest BCUT2D eigenvalue weighted by molar-refractivity contribution is 0.252. The van der Waals surface area contributed by atoms with Gasteiger partial charge in [0.1, 0.15) is 5.82 Å². The van der Waals surface area contributed by atoms with E-state index in [1.54, 1.807) is 0 Å². The Balaban J connectivity index is 2.28. The molecule has 4 nitrogen and oxygen atoms in total. The Morgan fingerprint density at radius 2 is 2.00 bits per heavy atom. The van der Waals surface area contributed by atoms with Gasteiger partial charge in [-0.1, -0.05) is 18.9 Å². The maximum atomic E-state index is 13.2. The third-order valence-corrected chi connectivity index (χ3v) is 5.60. The molecule has 1 fully saturated rings. The Bertz CT molecular complexity index is 547. The Kier molecular flexibility index (Phi) is 4.23. The zero-order valence-corrected chi connectivity index (χ0v) is 11.7. The van der Waals surface area contributed by atoms with E-state index < -0.39 is 15.8 Å². The van der Waals surface area contributed by atoms with Gasteiger partial charge in [0.15, 0.2) is 0 Å². The minimum atomic E-state index is -3.68. The fourth-order valence-corrected chi connectivity index (χ4v) is 4.03. The SMILES string of the molecule is CN(C1CCCCC1N)S(=O)(=O)c1cccc(F)c1. The molecule has 1 aromatic rings. The normalized spacial score (nSPS) is 24.6. The van der Waals surface area contributed by atoms with Gasteiger partial charge < -0.3 is 5.73 Å². The molecular weight excluding hydrogens is 267 g/mol. The number of nitrogens with zero attached hydrogens (tertiary/aromatic N) is 1. The summed E-state index contributed by atoms with van der Waals surface area (Å²) < 4.78 is 39.3. The maximum Gasteiger partial charge on any atom is 0.243 e. The molecule has 19 heavy (non-hydrogen) atoms. The largest absolute Gasteiger partial charge is 0.326 e. The highest BCUT2D eigenvalue weighted by Crippen LogP contribution is 2.26. The topological polar surface area (TPSA) is 63.4 Å². The van der Waals surface area contributed by atoms with Crippen molar-refractivity contribution in [2.45, 2.75) is 42.7 Å². The second-order valence-electron chi connectivity index (χ2n) is 4.99. The van der Waals surface area contributed by atoms with Crippen molar-refractivity contribution in [2.75, 3.05) is 7.05 Å². The van der Waals surface area contributed by atoms with E-state index in [9.17, 15) is 12.8 Å². The van der Waals surface area contributed by atoms with Gasteiger partial charge in [-0.15, -0.1) is 0 Å². The Morgan fingerprint density at radius 3 is 2.63 bits per heavy atom. The molecule has 106 valence electrons. The second-order valence-corrected chi connectivity index (χ2v) is 6.99. The van der Waals surface area contributed by atoms with Gasteiger partial charge in [0.2, 0.25) is 10.0 Å². The van der Waals surface area contributed by atoms with Crippen molar-refractivity contribution in [3.05, 3.63) is 30.1 Å². The lowest BCUT2D eigenvalue weighted by atomic mass is 9.91. The second kappa shape index (κ2) is 5.56. The van der Waals surface area contributed by atoms with Crippen LogP contribution < -0.4 is 5.73 Å². The zero-order valence-electron chi connectivity index (χ0n) is 10.9. The van der Waals surface area contributed by atoms with Crippen LogP contribution in [0.15, 0.2) is 29.2 Å². The zero-order chi connectivity index (χ0) is 14.0. The van der Waals surface area contributed by atoms with Gasteiger partial charge in [0.25, 0.3) is 0 Å². The Morgan fingerprint density at radius 1 is 1.32 bits per heavy atom. The van der Waals surface area contributed by atoms with E-state index in [-0.39, 0.29) is 17.0 Å². The van der Waals surface area contributed by atoms with Crippen LogP contribution in [0.3, 0.4) is 0 Å². The minimum absolute atomic E-state index is 0.0206. The maximum absolute atomic E-state index is 13.2. The highest BCUT2D eigenvalue weighted by molar-refractivity contribution is 7.89. The lowest BCUT2D eigenvalue weighted by Gasteiger charge is -2.35. The van der Waals surface area contributed by atoms with Crippen LogP contribution in [-0.4, -0.2) is 31.9 Å². The average molecular weight is 286 g/mol. The lowest BCUT2D eigenvalue weighted by Crippen LogP contribution is -2.50. The first-order valence-corrected chi connectivity index (χ1v) is 7.86. The molecule has 0 amide bonds. The molecule has 1 aliphatic rings. The van der Waals surface area contributed by atoms with Gasteiger partial charge >= 0.3 is 0 Å². The number of hydrogen-bond donors (Lipinski definition) is 1. The number of sulfonamides is 1. The molecule has 0 aromatic heterocycles. The molecule has 2 unspecified atom stereocenters. The molecule has 0 spiro atoms. The molecular formula is C13H19FN2O2S. The first-order valence-electron chi connectivity index (χ1n) is 6.42. The van der Waals surface area contributed by atoms with E-state index in [1.807, 2.05) is 0 Å². The van der Waals surface area contributed by atoms with Crippen LogP contribution in [0.5, 0.6) is 0 Å². The summed E-state index contributed by atoms with van der Waals surface area (Å²) in [6.45, 7) is 0. The van der Waals surface area contributed by atoms with Gasteiger partial charge in [0, 0.05) is 19.1 Å². The van der Waals surface area contributed by atoms with Crippen molar-refractivity contribution in [1.82, 2.24) is 4.31 Å². The summed E-state index contributed by atoms with van der Waals surface area (Å²) in [6, 6.07) is 4.72. The van der Waals surface area contributed by atoms with E-state index >= 15 is 0 Å². The van der Waals surface area contributed by atoms with Gasteiger partial charge in [-0.25, -0.2) is 12.8 Å². The summed E-state index contributed by atoms with van der Waals surface area (Å²) in [5.41, 5.74) is 6.00. The van der Waals surface area contributed by atoms with Gasteiger partial charge in [-0.05, 0) is 31.0 Å². The Labute approximate surface area is 113 Å². The highest BCUT2D eigenvalue weighted by atomic mass is 32.2. The van der Waals surface area contributed by atoms with Crippen LogP contribution in [-0.2, 0) is 10.0 Å². The van der Waals surface area contributed by atoms with Crippen molar-refractivity contribution < 1.29 is 12.8 Å². The van der Waals surface area contributed by atoms with Gasteiger partial charge in [0.05, 0.1) is 4.90 Å². The van der Waals surface area contributed by atoms with Crippen molar-refractivity contribution in [2.24, 2.45) is 5.73 Å². The van der Waals surface area contributed by atoms with Crippen LogP contribution in [0.4, 0.5) is 4.39 Å². The standard InChI is InChI=1S/C13H19FN2O2S/c1-16(13-8-3-2-7-12(13)15)19(17,18)11-6-4-5-10(14)9-11/h4-6,9,12-13H,2-3,7-8,15H2,1H3. The monoisotopic (exact) mass is 286 g/mol. The molecule has 2 rings (SSSR count). The molecule has 6 heteroatoms. The predicted molar refractivity (Wildman–Crippen MR) is 71.6 cm³/mol. The Hall–Kier alpha value is -0.980. The molecule has 0 bridgehead atoms. The van der Waals surface area contributed by atoms with Gasteiger partial charge in [-0.2, -0.15) is 4.31 Å².